The molecule has 0 amide bonds. The molecule has 0 atom stereocenters. The number of carbonyl (C=O) groups is 1. The molecule has 0 aliphatic rings. The molecule has 0 heterocycles. The van der Waals surface area contributed by atoms with Crippen molar-refractivity contribution >= 4 is 18.4 Å². The summed E-state index contributed by atoms with van der Waals surface area (Å²) in [6.07, 6.45) is 0. The Morgan fingerprint density at radius 3 is 2.85 bits per heavy atom. The third kappa shape index (κ3) is 2.21. The summed E-state index contributed by atoms with van der Waals surface area (Å²) in [6, 6.07) is 3.82. The minimum absolute atomic E-state index is 0.0415. The second-order valence-corrected chi connectivity index (χ2v) is 2.74. The molecule has 13 heavy (non-hydrogen) atoms. The summed E-state index contributed by atoms with van der Waals surface area (Å²) >= 11 is 3.82. The number of ketones is 1. The zero-order chi connectivity index (χ0) is 9.84. The van der Waals surface area contributed by atoms with Crippen LogP contribution in [0.15, 0.2) is 18.2 Å². The van der Waals surface area contributed by atoms with Crippen molar-refractivity contribution in [2.24, 2.45) is 0 Å². The maximum absolute atomic E-state index is 12.7. The van der Waals surface area contributed by atoms with Gasteiger partial charge >= 0.3 is 0 Å². The van der Waals surface area contributed by atoms with Gasteiger partial charge in [-0.05, 0) is 18.2 Å². The Morgan fingerprint density at radius 1 is 1.62 bits per heavy atom. The van der Waals surface area contributed by atoms with E-state index in [4.69, 9.17) is 4.74 Å². The summed E-state index contributed by atoms with van der Waals surface area (Å²) in [6.45, 7) is 0. The standard InChI is InChI=1S/C9H9FO2S/c1-12-9-3-2-6(10)4-7(9)8(11)5-13/h2-4,13H,5H2,1H3. The van der Waals surface area contributed by atoms with Gasteiger partial charge in [0.2, 0.25) is 0 Å². The molecule has 0 radical (unpaired) electrons. The highest BCUT2D eigenvalue weighted by molar-refractivity contribution is 7.81. The fourth-order valence-corrected chi connectivity index (χ4v) is 1.15. The average molecular weight is 200 g/mol. The topological polar surface area (TPSA) is 26.3 Å². The summed E-state index contributed by atoms with van der Waals surface area (Å²) in [5.41, 5.74) is 0.234. The Balaban J connectivity index is 3.15. The van der Waals surface area contributed by atoms with Crippen LogP contribution in [-0.2, 0) is 0 Å². The van der Waals surface area contributed by atoms with Crippen LogP contribution in [0, 0.1) is 5.82 Å². The van der Waals surface area contributed by atoms with Crippen LogP contribution in [0.3, 0.4) is 0 Å². The number of Topliss-reactive ketones (excluding diaryl/α,β-unsaturated/α-hetero) is 1. The summed E-state index contributed by atoms with van der Waals surface area (Å²) in [5.74, 6) is -0.286. The number of hydrogen-bond donors (Lipinski definition) is 1. The molecule has 70 valence electrons. The first-order valence-electron chi connectivity index (χ1n) is 3.66. The summed E-state index contributed by atoms with van der Waals surface area (Å²) < 4.78 is 17.6. The van der Waals surface area contributed by atoms with Crippen molar-refractivity contribution in [3.8, 4) is 5.75 Å². The predicted molar refractivity (Wildman–Crippen MR) is 51.1 cm³/mol. The molecule has 1 rings (SSSR count). The number of methoxy groups -OCH3 is 1. The predicted octanol–water partition coefficient (Wildman–Crippen LogP) is 1.95. The first-order valence-corrected chi connectivity index (χ1v) is 4.30. The van der Waals surface area contributed by atoms with Gasteiger partial charge in [-0.1, -0.05) is 0 Å². The number of halogens is 1. The first kappa shape index (κ1) is 10.1. The lowest BCUT2D eigenvalue weighted by Gasteiger charge is -2.05. The number of hydrogen-bond acceptors (Lipinski definition) is 3. The summed E-state index contributed by atoms with van der Waals surface area (Å²) in [7, 11) is 1.43. The number of benzene rings is 1. The fourth-order valence-electron chi connectivity index (χ4n) is 0.983. The zero-order valence-electron chi connectivity index (χ0n) is 7.08. The molecule has 0 fully saturated rings. The third-order valence-corrected chi connectivity index (χ3v) is 1.89. The molecule has 0 spiro atoms. The van der Waals surface area contributed by atoms with Gasteiger partial charge in [-0.15, -0.1) is 0 Å². The Morgan fingerprint density at radius 2 is 2.31 bits per heavy atom. The lowest BCUT2D eigenvalue weighted by molar-refractivity contribution is 0.101. The Labute approximate surface area is 81.1 Å². The van der Waals surface area contributed by atoms with Gasteiger partial charge in [0.05, 0.1) is 18.4 Å². The van der Waals surface area contributed by atoms with E-state index in [-0.39, 0.29) is 17.1 Å². The summed E-state index contributed by atoms with van der Waals surface area (Å²) in [5, 5.41) is 0. The van der Waals surface area contributed by atoms with Gasteiger partial charge in [0.1, 0.15) is 11.6 Å². The molecular formula is C9H9FO2S. The molecule has 0 saturated heterocycles. The van der Waals surface area contributed by atoms with E-state index < -0.39 is 5.82 Å². The molecule has 1 aromatic carbocycles. The van der Waals surface area contributed by atoms with Gasteiger partial charge in [0, 0.05) is 0 Å². The molecule has 0 bridgehead atoms. The first-order chi connectivity index (χ1) is 6.19. The fraction of sp³-hybridized carbons (Fsp3) is 0.222. The maximum Gasteiger partial charge on any atom is 0.176 e. The highest BCUT2D eigenvalue weighted by Gasteiger charge is 2.11. The highest BCUT2D eigenvalue weighted by Crippen LogP contribution is 2.19. The molecule has 0 unspecified atom stereocenters. The Hall–Kier alpha value is -1.03. The average Bonchev–Trinajstić information content (AvgIpc) is 2.16. The maximum atomic E-state index is 12.7. The summed E-state index contributed by atoms with van der Waals surface area (Å²) in [4.78, 5) is 11.2. The monoisotopic (exact) mass is 200 g/mol. The van der Waals surface area contributed by atoms with Crippen LogP contribution in [-0.4, -0.2) is 18.6 Å². The molecule has 1 aromatic rings. The molecule has 0 N–H and O–H groups in total. The van der Waals surface area contributed by atoms with E-state index in [0.717, 1.165) is 6.07 Å². The van der Waals surface area contributed by atoms with Crippen LogP contribution < -0.4 is 4.74 Å². The lowest BCUT2D eigenvalue weighted by atomic mass is 10.1. The molecule has 0 saturated carbocycles. The molecule has 2 nitrogen and oxygen atoms in total. The van der Waals surface area contributed by atoms with Crippen molar-refractivity contribution in [1.29, 1.82) is 0 Å². The second kappa shape index (κ2) is 4.28. The Bertz CT molecular complexity index is 325. The van der Waals surface area contributed by atoms with E-state index in [1.165, 1.54) is 19.2 Å². The quantitative estimate of drug-likeness (QED) is 0.596. The molecule has 0 aliphatic heterocycles. The van der Waals surface area contributed by atoms with Crippen molar-refractivity contribution in [2.45, 2.75) is 0 Å². The number of rotatable bonds is 3. The Kier molecular flexibility index (Phi) is 3.31. The van der Waals surface area contributed by atoms with Crippen LogP contribution in [0.25, 0.3) is 0 Å². The molecular weight excluding hydrogens is 191 g/mol. The lowest BCUT2D eigenvalue weighted by Crippen LogP contribution is -2.03. The normalized spacial score (nSPS) is 9.77. The van der Waals surface area contributed by atoms with Crippen molar-refractivity contribution in [3.63, 3.8) is 0 Å². The van der Waals surface area contributed by atoms with Gasteiger partial charge in [-0.3, -0.25) is 4.79 Å². The smallest absolute Gasteiger partial charge is 0.176 e. The van der Waals surface area contributed by atoms with Crippen LogP contribution in [0.5, 0.6) is 5.75 Å². The van der Waals surface area contributed by atoms with Gasteiger partial charge in [-0.25, -0.2) is 4.39 Å². The zero-order valence-corrected chi connectivity index (χ0v) is 7.98. The molecule has 0 aliphatic carbocycles. The van der Waals surface area contributed by atoms with E-state index in [9.17, 15) is 9.18 Å². The third-order valence-electron chi connectivity index (χ3n) is 1.61. The van der Waals surface area contributed by atoms with Crippen molar-refractivity contribution in [3.05, 3.63) is 29.6 Å². The number of ether oxygens (including phenoxy) is 1. The van der Waals surface area contributed by atoms with E-state index in [1.54, 1.807) is 0 Å². The highest BCUT2D eigenvalue weighted by atomic mass is 32.1. The van der Waals surface area contributed by atoms with Crippen LogP contribution in [0.2, 0.25) is 0 Å². The van der Waals surface area contributed by atoms with Gasteiger partial charge in [-0.2, -0.15) is 12.6 Å². The van der Waals surface area contributed by atoms with Gasteiger partial charge in [0.15, 0.2) is 5.78 Å². The van der Waals surface area contributed by atoms with Crippen LogP contribution >= 0.6 is 12.6 Å². The SMILES string of the molecule is COc1ccc(F)cc1C(=O)CS. The largest absolute Gasteiger partial charge is 0.496 e. The van der Waals surface area contributed by atoms with Crippen molar-refractivity contribution in [1.82, 2.24) is 0 Å². The van der Waals surface area contributed by atoms with Crippen LogP contribution in [0.1, 0.15) is 10.4 Å². The van der Waals surface area contributed by atoms with Gasteiger partial charge in [0.25, 0.3) is 0 Å². The molecule has 4 heteroatoms. The molecule has 0 aromatic heterocycles. The van der Waals surface area contributed by atoms with Crippen molar-refractivity contribution < 1.29 is 13.9 Å². The van der Waals surface area contributed by atoms with Crippen LogP contribution in [0.4, 0.5) is 4.39 Å². The minimum atomic E-state index is -0.453. The second-order valence-electron chi connectivity index (χ2n) is 2.43. The minimum Gasteiger partial charge on any atom is -0.496 e. The van der Waals surface area contributed by atoms with E-state index in [1.807, 2.05) is 0 Å². The van der Waals surface area contributed by atoms with E-state index in [2.05, 4.69) is 12.6 Å². The number of carbonyl (C=O) groups excluding carboxylic acids is 1. The van der Waals surface area contributed by atoms with E-state index in [0.29, 0.717) is 5.75 Å². The van der Waals surface area contributed by atoms with E-state index >= 15 is 0 Å². The number of thiol groups is 1. The van der Waals surface area contributed by atoms with Gasteiger partial charge < -0.3 is 4.74 Å². The van der Waals surface area contributed by atoms with Crippen molar-refractivity contribution in [2.75, 3.05) is 12.9 Å².